The fourth-order valence-electron chi connectivity index (χ4n) is 3.64. The van der Waals surface area contributed by atoms with Gasteiger partial charge in [-0.25, -0.2) is 14.8 Å². The van der Waals surface area contributed by atoms with E-state index in [2.05, 4.69) is 15.3 Å². The van der Waals surface area contributed by atoms with Crippen LogP contribution in [0.1, 0.15) is 37.8 Å². The van der Waals surface area contributed by atoms with Gasteiger partial charge in [-0.2, -0.15) is 0 Å². The van der Waals surface area contributed by atoms with Crippen LogP contribution in [-0.4, -0.2) is 57.9 Å². The Bertz CT molecular complexity index is 1180. The van der Waals surface area contributed by atoms with Gasteiger partial charge in [-0.05, 0) is 48.4 Å². The number of hydrogen-bond donors (Lipinski definition) is 1. The summed E-state index contributed by atoms with van der Waals surface area (Å²) in [6.07, 6.45) is 3.97. The Morgan fingerprint density at radius 3 is 2.67 bits per heavy atom. The van der Waals surface area contributed by atoms with Gasteiger partial charge in [-0.3, -0.25) is 14.9 Å². The summed E-state index contributed by atoms with van der Waals surface area (Å²) in [4.78, 5) is 45.9. The first-order chi connectivity index (χ1) is 17.3. The van der Waals surface area contributed by atoms with Crippen molar-refractivity contribution in [3.05, 3.63) is 46.6 Å². The molecule has 2 aromatic rings. The maximum absolute atomic E-state index is 12.2. The Morgan fingerprint density at radius 2 is 1.97 bits per heavy atom. The zero-order chi connectivity index (χ0) is 25.7. The van der Waals surface area contributed by atoms with Gasteiger partial charge in [0.1, 0.15) is 18.2 Å². The number of ether oxygens (including phenoxy) is 3. The number of piperidine rings is 1. The highest BCUT2D eigenvalue weighted by atomic mass is 32.2. The maximum atomic E-state index is 12.2. The van der Waals surface area contributed by atoms with Gasteiger partial charge in [-0.15, -0.1) is 0 Å². The van der Waals surface area contributed by atoms with E-state index in [1.165, 1.54) is 6.33 Å². The third-order valence-electron chi connectivity index (χ3n) is 5.52. The highest BCUT2D eigenvalue weighted by Crippen LogP contribution is 2.31. The average Bonchev–Trinajstić information content (AvgIpc) is 3.17. The van der Waals surface area contributed by atoms with Crippen LogP contribution in [0.4, 0.5) is 9.59 Å². The number of imide groups is 1. The lowest BCUT2D eigenvalue weighted by atomic mass is 10.1. The molecule has 1 aromatic heterocycles. The summed E-state index contributed by atoms with van der Waals surface area (Å²) in [6, 6.07) is 7.11. The van der Waals surface area contributed by atoms with Crippen LogP contribution in [-0.2, 0) is 9.53 Å². The van der Waals surface area contributed by atoms with Crippen LogP contribution in [0.25, 0.3) is 6.08 Å². The Kier molecular flexibility index (Phi) is 8.09. The number of benzene rings is 1. The highest BCUT2D eigenvalue weighted by Gasteiger charge is 2.27. The molecule has 1 aromatic carbocycles. The van der Waals surface area contributed by atoms with Crippen molar-refractivity contribution in [2.75, 3.05) is 19.7 Å². The fourth-order valence-corrected chi connectivity index (χ4v) is 4.32. The van der Waals surface area contributed by atoms with E-state index in [4.69, 9.17) is 14.2 Å². The molecule has 2 saturated heterocycles. The summed E-state index contributed by atoms with van der Waals surface area (Å²) in [5.74, 6) is 1.17. The van der Waals surface area contributed by atoms with Gasteiger partial charge >= 0.3 is 6.09 Å². The zero-order valence-corrected chi connectivity index (χ0v) is 21.2. The van der Waals surface area contributed by atoms with Crippen LogP contribution < -0.4 is 14.8 Å². The van der Waals surface area contributed by atoms with Gasteiger partial charge in [0.25, 0.3) is 11.1 Å². The Morgan fingerprint density at radius 1 is 1.22 bits per heavy atom. The minimum absolute atomic E-state index is 0.0895. The van der Waals surface area contributed by atoms with E-state index in [1.54, 1.807) is 29.2 Å². The quantitative estimate of drug-likeness (QED) is 0.533. The second-order valence-electron chi connectivity index (χ2n) is 8.91. The van der Waals surface area contributed by atoms with E-state index in [9.17, 15) is 14.4 Å². The molecule has 2 aliphatic heterocycles. The number of hydrogen-bond acceptors (Lipinski definition) is 9. The van der Waals surface area contributed by atoms with Crippen molar-refractivity contribution >= 4 is 35.1 Å². The second kappa shape index (κ2) is 11.4. The first-order valence-corrected chi connectivity index (χ1v) is 12.5. The molecule has 0 bridgehead atoms. The van der Waals surface area contributed by atoms with Gasteiger partial charge in [0, 0.05) is 25.9 Å². The summed E-state index contributed by atoms with van der Waals surface area (Å²) < 4.78 is 17.4. The SMILES string of the molecule is Cc1c(Oc2cccc(/C=C3\SC(=O)NC3=O)c2)ncnc1OC1CCN(C(=O)OCC(C)C)CC1. The van der Waals surface area contributed by atoms with Crippen LogP contribution in [0, 0.1) is 12.8 Å². The number of amides is 3. The Hall–Kier alpha value is -3.60. The van der Waals surface area contributed by atoms with Crippen molar-refractivity contribution in [1.82, 2.24) is 20.2 Å². The predicted molar refractivity (Wildman–Crippen MR) is 134 cm³/mol. The molecule has 1 N–H and O–H groups in total. The molecular weight excluding hydrogens is 484 g/mol. The number of rotatable bonds is 7. The number of likely N-dealkylation sites (tertiary alicyclic amines) is 1. The summed E-state index contributed by atoms with van der Waals surface area (Å²) >= 11 is 0.859. The lowest BCUT2D eigenvalue weighted by Gasteiger charge is -2.31. The fraction of sp³-hybridized carbons (Fsp3) is 0.400. The third-order valence-corrected chi connectivity index (χ3v) is 6.33. The van der Waals surface area contributed by atoms with E-state index < -0.39 is 5.91 Å². The minimum Gasteiger partial charge on any atom is -0.474 e. The van der Waals surface area contributed by atoms with Crippen molar-refractivity contribution in [1.29, 1.82) is 0 Å². The number of nitrogens with one attached hydrogen (secondary N) is 1. The average molecular weight is 513 g/mol. The summed E-state index contributed by atoms with van der Waals surface area (Å²) in [5.41, 5.74) is 1.36. The van der Waals surface area contributed by atoms with Crippen LogP contribution in [0.3, 0.4) is 0 Å². The van der Waals surface area contributed by atoms with Crippen LogP contribution in [0.5, 0.6) is 17.5 Å². The molecular formula is C25H28N4O6S. The lowest BCUT2D eigenvalue weighted by molar-refractivity contribution is -0.115. The summed E-state index contributed by atoms with van der Waals surface area (Å²) in [7, 11) is 0. The molecule has 0 radical (unpaired) electrons. The van der Waals surface area contributed by atoms with E-state index in [1.807, 2.05) is 26.8 Å². The standard InChI is InChI=1S/C25H28N4O6S/c1-15(2)13-33-25(32)29-9-7-18(8-10-29)34-22-16(3)23(27-14-26-22)35-19-6-4-5-17(11-19)12-20-21(30)28-24(31)36-20/h4-6,11-12,14-15,18H,7-10,13H2,1-3H3,(H,28,30,31)/b20-12-. The van der Waals surface area contributed by atoms with Crippen molar-refractivity contribution in [2.24, 2.45) is 5.92 Å². The van der Waals surface area contributed by atoms with Gasteiger partial charge in [0.05, 0.1) is 17.1 Å². The van der Waals surface area contributed by atoms with Crippen molar-refractivity contribution in [3.63, 3.8) is 0 Å². The molecule has 0 spiro atoms. The van der Waals surface area contributed by atoms with E-state index in [-0.39, 0.29) is 17.4 Å². The molecule has 3 heterocycles. The van der Waals surface area contributed by atoms with Crippen molar-refractivity contribution < 1.29 is 28.6 Å². The molecule has 36 heavy (non-hydrogen) atoms. The molecule has 4 rings (SSSR count). The molecule has 2 aliphatic rings. The van der Waals surface area contributed by atoms with Gasteiger partial charge in [0.15, 0.2) is 0 Å². The van der Waals surface area contributed by atoms with Crippen LogP contribution in [0.2, 0.25) is 0 Å². The molecule has 0 saturated carbocycles. The molecule has 0 atom stereocenters. The van der Waals surface area contributed by atoms with Gasteiger partial charge in [-0.1, -0.05) is 26.0 Å². The largest absolute Gasteiger partial charge is 0.474 e. The minimum atomic E-state index is -0.414. The number of aromatic nitrogens is 2. The smallest absolute Gasteiger partial charge is 0.409 e. The number of thioether (sulfide) groups is 1. The van der Waals surface area contributed by atoms with E-state index >= 15 is 0 Å². The van der Waals surface area contributed by atoms with Gasteiger partial charge < -0.3 is 19.1 Å². The number of nitrogens with zero attached hydrogens (tertiary/aromatic N) is 3. The zero-order valence-electron chi connectivity index (χ0n) is 20.4. The molecule has 10 nitrogen and oxygen atoms in total. The normalized spacial score (nSPS) is 17.4. The lowest BCUT2D eigenvalue weighted by Crippen LogP contribution is -2.42. The van der Waals surface area contributed by atoms with Crippen molar-refractivity contribution in [2.45, 2.75) is 39.7 Å². The molecule has 2 fully saturated rings. The summed E-state index contributed by atoms with van der Waals surface area (Å²) in [6.45, 7) is 7.34. The number of carbonyl (C=O) groups excluding carboxylic acids is 3. The molecule has 190 valence electrons. The number of carbonyl (C=O) groups is 3. The monoisotopic (exact) mass is 512 g/mol. The first kappa shape index (κ1) is 25.5. The molecule has 3 amide bonds. The molecule has 11 heteroatoms. The van der Waals surface area contributed by atoms with Crippen molar-refractivity contribution in [3.8, 4) is 17.5 Å². The van der Waals surface area contributed by atoms with E-state index in [0.717, 1.165) is 11.8 Å². The predicted octanol–water partition coefficient (Wildman–Crippen LogP) is 4.54. The Labute approximate surface area is 213 Å². The molecule has 0 aliphatic carbocycles. The third kappa shape index (κ3) is 6.54. The van der Waals surface area contributed by atoms with Crippen LogP contribution in [0.15, 0.2) is 35.5 Å². The van der Waals surface area contributed by atoms with Crippen LogP contribution >= 0.6 is 11.8 Å². The maximum Gasteiger partial charge on any atom is 0.409 e. The molecule has 0 unspecified atom stereocenters. The van der Waals surface area contributed by atoms with Gasteiger partial charge in [0.2, 0.25) is 11.8 Å². The Balaban J connectivity index is 1.37. The topological polar surface area (TPSA) is 120 Å². The summed E-state index contributed by atoms with van der Waals surface area (Å²) in [5, 5.41) is 1.85. The first-order valence-electron chi connectivity index (χ1n) is 11.7. The van der Waals surface area contributed by atoms with E-state index in [0.29, 0.717) is 72.0 Å². The highest BCUT2D eigenvalue weighted by molar-refractivity contribution is 8.18. The second-order valence-corrected chi connectivity index (χ2v) is 9.93.